The maximum Gasteiger partial charge on any atom is 0.208 e. The standard InChI is InChI=1S/C11H10F2N2O/c1-6-11(15-10(5-14)16-6)7-2-3-8(12)9(13)4-7/h2-4H,5,14H2,1H3. The molecule has 1 aromatic carbocycles. The Morgan fingerprint density at radius 1 is 1.31 bits per heavy atom. The van der Waals surface area contributed by atoms with E-state index in [0.29, 0.717) is 22.9 Å². The predicted octanol–water partition coefficient (Wildman–Crippen LogP) is 2.39. The van der Waals surface area contributed by atoms with Crippen LogP contribution in [-0.2, 0) is 6.54 Å². The van der Waals surface area contributed by atoms with Crippen molar-refractivity contribution in [2.75, 3.05) is 0 Å². The number of halogens is 2. The van der Waals surface area contributed by atoms with Crippen molar-refractivity contribution < 1.29 is 13.2 Å². The van der Waals surface area contributed by atoms with Gasteiger partial charge in [-0.3, -0.25) is 0 Å². The molecule has 0 aliphatic rings. The predicted molar refractivity (Wildman–Crippen MR) is 54.5 cm³/mol. The second kappa shape index (κ2) is 4.02. The van der Waals surface area contributed by atoms with E-state index in [4.69, 9.17) is 10.2 Å². The smallest absolute Gasteiger partial charge is 0.208 e. The van der Waals surface area contributed by atoms with Crippen molar-refractivity contribution in [3.63, 3.8) is 0 Å². The third-order valence-electron chi connectivity index (χ3n) is 2.21. The molecule has 0 fully saturated rings. The van der Waals surface area contributed by atoms with Gasteiger partial charge in [-0.1, -0.05) is 0 Å². The van der Waals surface area contributed by atoms with E-state index in [1.165, 1.54) is 6.07 Å². The molecule has 0 aliphatic carbocycles. The van der Waals surface area contributed by atoms with Crippen molar-refractivity contribution in [2.24, 2.45) is 5.73 Å². The summed E-state index contributed by atoms with van der Waals surface area (Å²) >= 11 is 0. The molecule has 0 amide bonds. The topological polar surface area (TPSA) is 52.0 Å². The Labute approximate surface area is 90.9 Å². The summed E-state index contributed by atoms with van der Waals surface area (Å²) in [6, 6.07) is 3.59. The van der Waals surface area contributed by atoms with Gasteiger partial charge >= 0.3 is 0 Å². The van der Waals surface area contributed by atoms with Crippen LogP contribution in [0.1, 0.15) is 11.7 Å². The van der Waals surface area contributed by atoms with E-state index in [9.17, 15) is 8.78 Å². The largest absolute Gasteiger partial charge is 0.444 e. The first-order valence-corrected chi connectivity index (χ1v) is 4.73. The Balaban J connectivity index is 2.49. The molecule has 0 radical (unpaired) electrons. The van der Waals surface area contributed by atoms with Gasteiger partial charge in [0.15, 0.2) is 11.6 Å². The van der Waals surface area contributed by atoms with Gasteiger partial charge < -0.3 is 10.2 Å². The first kappa shape index (κ1) is 10.8. The van der Waals surface area contributed by atoms with Crippen molar-refractivity contribution in [3.05, 3.63) is 41.5 Å². The third kappa shape index (κ3) is 1.81. The van der Waals surface area contributed by atoms with Gasteiger partial charge in [-0.15, -0.1) is 0 Å². The van der Waals surface area contributed by atoms with Crippen LogP contribution in [0, 0.1) is 18.6 Å². The zero-order valence-corrected chi connectivity index (χ0v) is 8.63. The van der Waals surface area contributed by atoms with E-state index in [1.807, 2.05) is 0 Å². The Morgan fingerprint density at radius 2 is 2.06 bits per heavy atom. The van der Waals surface area contributed by atoms with E-state index in [2.05, 4.69) is 4.98 Å². The van der Waals surface area contributed by atoms with E-state index in [-0.39, 0.29) is 6.54 Å². The lowest BCUT2D eigenvalue weighted by atomic mass is 10.1. The summed E-state index contributed by atoms with van der Waals surface area (Å²) in [7, 11) is 0. The van der Waals surface area contributed by atoms with Gasteiger partial charge in [-0.05, 0) is 25.1 Å². The number of hydrogen-bond donors (Lipinski definition) is 1. The molecule has 0 atom stereocenters. The second-order valence-corrected chi connectivity index (χ2v) is 3.35. The lowest BCUT2D eigenvalue weighted by molar-refractivity contribution is 0.474. The maximum atomic E-state index is 13.0. The van der Waals surface area contributed by atoms with E-state index >= 15 is 0 Å². The molecule has 0 aliphatic heterocycles. The zero-order chi connectivity index (χ0) is 11.7. The number of aromatic nitrogens is 1. The highest BCUT2D eigenvalue weighted by molar-refractivity contribution is 5.61. The number of aryl methyl sites for hydroxylation is 1. The van der Waals surface area contributed by atoms with Gasteiger partial charge in [-0.25, -0.2) is 13.8 Å². The number of benzene rings is 1. The summed E-state index contributed by atoms with van der Waals surface area (Å²) in [4.78, 5) is 4.09. The van der Waals surface area contributed by atoms with Crippen molar-refractivity contribution in [3.8, 4) is 11.3 Å². The Kier molecular flexibility index (Phi) is 2.70. The summed E-state index contributed by atoms with van der Waals surface area (Å²) in [5, 5.41) is 0. The molecule has 16 heavy (non-hydrogen) atoms. The van der Waals surface area contributed by atoms with Crippen LogP contribution in [0.4, 0.5) is 8.78 Å². The van der Waals surface area contributed by atoms with Crippen LogP contribution in [0.25, 0.3) is 11.3 Å². The van der Waals surface area contributed by atoms with E-state index in [0.717, 1.165) is 12.1 Å². The number of nitrogens with zero attached hydrogens (tertiary/aromatic N) is 1. The lowest BCUT2D eigenvalue weighted by Gasteiger charge is -1.98. The number of nitrogens with two attached hydrogens (primary N) is 1. The highest BCUT2D eigenvalue weighted by atomic mass is 19.2. The van der Waals surface area contributed by atoms with Crippen LogP contribution in [-0.4, -0.2) is 4.98 Å². The summed E-state index contributed by atoms with van der Waals surface area (Å²) in [6.45, 7) is 1.87. The van der Waals surface area contributed by atoms with Crippen LogP contribution in [0.15, 0.2) is 22.6 Å². The van der Waals surface area contributed by atoms with Gasteiger partial charge in [0.25, 0.3) is 0 Å². The van der Waals surface area contributed by atoms with Crippen molar-refractivity contribution in [2.45, 2.75) is 13.5 Å². The average Bonchev–Trinajstić information content (AvgIpc) is 2.64. The first-order valence-electron chi connectivity index (χ1n) is 4.73. The minimum Gasteiger partial charge on any atom is -0.444 e. The van der Waals surface area contributed by atoms with E-state index in [1.54, 1.807) is 6.92 Å². The molecule has 2 rings (SSSR count). The molecule has 1 aromatic heterocycles. The SMILES string of the molecule is Cc1oc(CN)nc1-c1ccc(F)c(F)c1. The zero-order valence-electron chi connectivity index (χ0n) is 8.63. The van der Waals surface area contributed by atoms with Crippen LogP contribution in [0.2, 0.25) is 0 Å². The molecule has 84 valence electrons. The fraction of sp³-hybridized carbons (Fsp3) is 0.182. The molecule has 0 saturated carbocycles. The Hall–Kier alpha value is -1.75. The molecule has 0 spiro atoms. The summed E-state index contributed by atoms with van der Waals surface area (Å²) < 4.78 is 31.0. The normalized spacial score (nSPS) is 10.8. The van der Waals surface area contributed by atoms with Crippen LogP contribution in [0.5, 0.6) is 0 Å². The maximum absolute atomic E-state index is 13.0. The molecule has 5 heteroatoms. The third-order valence-corrected chi connectivity index (χ3v) is 2.21. The Morgan fingerprint density at radius 3 is 2.62 bits per heavy atom. The monoisotopic (exact) mass is 224 g/mol. The van der Waals surface area contributed by atoms with Crippen LogP contribution < -0.4 is 5.73 Å². The minimum absolute atomic E-state index is 0.171. The van der Waals surface area contributed by atoms with Crippen molar-refractivity contribution in [1.29, 1.82) is 0 Å². The number of rotatable bonds is 2. The molecule has 0 saturated heterocycles. The van der Waals surface area contributed by atoms with Gasteiger partial charge in [0.05, 0.1) is 6.54 Å². The molecular formula is C11H10F2N2O. The van der Waals surface area contributed by atoms with Crippen LogP contribution in [0.3, 0.4) is 0 Å². The minimum atomic E-state index is -0.908. The molecule has 2 N–H and O–H groups in total. The average molecular weight is 224 g/mol. The molecule has 2 aromatic rings. The summed E-state index contributed by atoms with van der Waals surface area (Å²) in [5.74, 6) is -0.887. The van der Waals surface area contributed by atoms with Gasteiger partial charge in [-0.2, -0.15) is 0 Å². The summed E-state index contributed by atoms with van der Waals surface area (Å²) in [5.41, 5.74) is 6.33. The van der Waals surface area contributed by atoms with Crippen molar-refractivity contribution in [1.82, 2.24) is 4.98 Å². The summed E-state index contributed by atoms with van der Waals surface area (Å²) in [6.07, 6.45) is 0. The molecular weight excluding hydrogens is 214 g/mol. The number of hydrogen-bond acceptors (Lipinski definition) is 3. The number of oxazole rings is 1. The fourth-order valence-electron chi connectivity index (χ4n) is 1.45. The van der Waals surface area contributed by atoms with Crippen molar-refractivity contribution >= 4 is 0 Å². The quantitative estimate of drug-likeness (QED) is 0.852. The molecule has 3 nitrogen and oxygen atoms in total. The Bertz CT molecular complexity index is 523. The highest BCUT2D eigenvalue weighted by Crippen LogP contribution is 2.24. The molecule has 0 unspecified atom stereocenters. The molecule has 1 heterocycles. The lowest BCUT2D eigenvalue weighted by Crippen LogP contribution is -1.95. The second-order valence-electron chi connectivity index (χ2n) is 3.35. The van der Waals surface area contributed by atoms with Gasteiger partial charge in [0.2, 0.25) is 5.89 Å². The first-order chi connectivity index (χ1) is 7.61. The fourth-order valence-corrected chi connectivity index (χ4v) is 1.45. The van der Waals surface area contributed by atoms with E-state index < -0.39 is 11.6 Å². The molecule has 0 bridgehead atoms. The van der Waals surface area contributed by atoms with Crippen LogP contribution >= 0.6 is 0 Å². The van der Waals surface area contributed by atoms with Gasteiger partial charge in [0.1, 0.15) is 11.5 Å². The van der Waals surface area contributed by atoms with Gasteiger partial charge in [0, 0.05) is 5.56 Å². The highest BCUT2D eigenvalue weighted by Gasteiger charge is 2.12.